The maximum Gasteiger partial charge on any atom is 0.356 e. The van der Waals surface area contributed by atoms with Crippen molar-refractivity contribution in [2.75, 3.05) is 13.7 Å². The van der Waals surface area contributed by atoms with Crippen molar-refractivity contribution in [1.82, 2.24) is 9.78 Å². The Bertz CT molecular complexity index is 2260. The summed E-state index contributed by atoms with van der Waals surface area (Å²) in [7, 11) is 1.21. The first-order valence-electron chi connectivity index (χ1n) is 20.4. The van der Waals surface area contributed by atoms with Crippen LogP contribution in [-0.4, -0.2) is 59.0 Å². The number of nitrogens with zero attached hydrogens (tertiary/aromatic N) is 2. The number of methoxy groups -OCH3 is 1. The Hall–Kier alpha value is -5.47. The van der Waals surface area contributed by atoms with Crippen LogP contribution in [0.2, 0.25) is 0 Å². The van der Waals surface area contributed by atoms with Gasteiger partial charge in [0, 0.05) is 23.7 Å². The molecule has 7 rings (SSSR count). The van der Waals surface area contributed by atoms with Crippen molar-refractivity contribution < 1.29 is 47.0 Å². The molecule has 5 aromatic carbocycles. The Labute approximate surface area is 355 Å². The molecule has 0 unspecified atom stereocenters. The van der Waals surface area contributed by atoms with Crippen molar-refractivity contribution in [2.24, 2.45) is 0 Å². The molecule has 1 fully saturated rings. The standard InChI is InChI=1S/C49H52F2N2O8/c1-33(2)53-34(3)40(25-39-26-41(50)44(55-4)42(51)27-39)48(52-53)61-49(54)47(59-31-38-23-15-8-16-24-38)46(58-30-37-21-13-7-14-22-37)45(57-29-36-19-11-6-12-20-36)43(60-49)32-56-28-35-17-9-5-10-18-35/h5-24,26-27,33,43,45-47,54H,25,28-32H2,1-4H3/t43-,45-,46+,47-,49-/m1/s1. The number of halogens is 2. The molecule has 6 aromatic rings. The first kappa shape index (κ1) is 43.6. The van der Waals surface area contributed by atoms with E-state index in [0.717, 1.165) is 22.3 Å². The quantitative estimate of drug-likeness (QED) is 0.0802. The SMILES string of the molecule is COc1c(F)cc(Cc2c(O[C@]3(O)O[C@H](COCc4ccccc4)[C@@H](OCc4ccccc4)[C@H](OCc4ccccc4)[C@H]3OCc3ccccc3)nn(C(C)C)c2C)cc1F. The number of hydrogen-bond donors (Lipinski definition) is 1. The summed E-state index contributed by atoms with van der Waals surface area (Å²) in [4.78, 5) is 0. The van der Waals surface area contributed by atoms with Crippen molar-refractivity contribution in [3.63, 3.8) is 0 Å². The van der Waals surface area contributed by atoms with E-state index < -0.39 is 47.8 Å². The van der Waals surface area contributed by atoms with E-state index in [0.29, 0.717) is 16.8 Å². The average Bonchev–Trinajstić information content (AvgIpc) is 3.56. The molecule has 2 heterocycles. The topological polar surface area (TPSA) is 103 Å². The highest BCUT2D eigenvalue weighted by Gasteiger charge is 2.59. The smallest absolute Gasteiger partial charge is 0.356 e. The van der Waals surface area contributed by atoms with Crippen LogP contribution in [-0.2, 0) is 56.5 Å². The van der Waals surface area contributed by atoms with Gasteiger partial charge in [-0.3, -0.25) is 4.68 Å². The van der Waals surface area contributed by atoms with Crippen LogP contribution in [0.15, 0.2) is 133 Å². The number of aromatic nitrogens is 2. The van der Waals surface area contributed by atoms with Gasteiger partial charge < -0.3 is 38.3 Å². The van der Waals surface area contributed by atoms with E-state index in [4.69, 9.17) is 38.3 Å². The Kier molecular flexibility index (Phi) is 14.6. The van der Waals surface area contributed by atoms with Gasteiger partial charge in [0.1, 0.15) is 18.3 Å². The largest absolute Gasteiger partial charge is 0.491 e. The summed E-state index contributed by atoms with van der Waals surface area (Å²) in [6.45, 7) is 6.32. The minimum atomic E-state index is -2.57. The summed E-state index contributed by atoms with van der Waals surface area (Å²) in [6, 6.07) is 40.9. The molecular weight excluding hydrogens is 783 g/mol. The predicted octanol–water partition coefficient (Wildman–Crippen LogP) is 9.05. The van der Waals surface area contributed by atoms with E-state index >= 15 is 8.78 Å². The third-order valence-corrected chi connectivity index (χ3v) is 10.5. The van der Waals surface area contributed by atoms with Crippen molar-refractivity contribution >= 4 is 0 Å². The second-order valence-corrected chi connectivity index (χ2v) is 15.3. The molecule has 0 aliphatic carbocycles. The molecule has 1 aliphatic rings. The average molecular weight is 835 g/mol. The highest BCUT2D eigenvalue weighted by molar-refractivity contribution is 5.40. The number of hydrogen-bond acceptors (Lipinski definition) is 9. The highest BCUT2D eigenvalue weighted by atomic mass is 19.1. The second-order valence-electron chi connectivity index (χ2n) is 15.3. The third kappa shape index (κ3) is 10.9. The molecule has 0 amide bonds. The van der Waals surface area contributed by atoms with E-state index in [1.807, 2.05) is 142 Å². The first-order valence-corrected chi connectivity index (χ1v) is 20.4. The lowest BCUT2D eigenvalue weighted by Gasteiger charge is -2.49. The molecule has 0 radical (unpaired) electrons. The van der Waals surface area contributed by atoms with Crippen LogP contribution in [0.4, 0.5) is 8.78 Å². The zero-order valence-corrected chi connectivity index (χ0v) is 34.8. The second kappa shape index (κ2) is 20.4. The molecule has 61 heavy (non-hydrogen) atoms. The van der Waals surface area contributed by atoms with E-state index in [1.54, 1.807) is 4.68 Å². The fourth-order valence-electron chi connectivity index (χ4n) is 7.47. The van der Waals surface area contributed by atoms with E-state index in [9.17, 15) is 5.11 Å². The number of rotatable bonds is 19. The van der Waals surface area contributed by atoms with Crippen LogP contribution in [0.25, 0.3) is 0 Å². The molecule has 0 saturated carbocycles. The number of aliphatic hydroxyl groups is 1. The molecule has 1 N–H and O–H groups in total. The molecule has 1 aliphatic heterocycles. The molecule has 0 bridgehead atoms. The van der Waals surface area contributed by atoms with Gasteiger partial charge in [-0.1, -0.05) is 121 Å². The van der Waals surface area contributed by atoms with E-state index in [1.165, 1.54) is 19.2 Å². The molecule has 1 saturated heterocycles. The molecule has 0 spiro atoms. The van der Waals surface area contributed by atoms with E-state index in [2.05, 4.69) is 0 Å². The zero-order chi connectivity index (χ0) is 42.8. The van der Waals surface area contributed by atoms with Crippen molar-refractivity contribution in [3.8, 4) is 11.6 Å². The molecule has 10 nitrogen and oxygen atoms in total. The Morgan fingerprint density at radius 2 is 1.16 bits per heavy atom. The maximum atomic E-state index is 15.0. The van der Waals surface area contributed by atoms with Crippen LogP contribution >= 0.6 is 0 Å². The lowest BCUT2D eigenvalue weighted by molar-refractivity contribution is -0.436. The molecule has 12 heteroatoms. The predicted molar refractivity (Wildman–Crippen MR) is 225 cm³/mol. The van der Waals surface area contributed by atoms with Crippen molar-refractivity contribution in [1.29, 1.82) is 0 Å². The Morgan fingerprint density at radius 1 is 0.689 bits per heavy atom. The van der Waals surface area contributed by atoms with Gasteiger partial charge in [-0.15, -0.1) is 5.10 Å². The van der Waals surface area contributed by atoms with Crippen molar-refractivity contribution in [3.05, 3.63) is 184 Å². The molecule has 320 valence electrons. The van der Waals surface area contributed by atoms with Gasteiger partial charge in [-0.25, -0.2) is 8.78 Å². The van der Waals surface area contributed by atoms with Gasteiger partial charge in [-0.05, 0) is 60.7 Å². The summed E-state index contributed by atoms with van der Waals surface area (Å²) in [6.07, 6.45) is -4.20. The Morgan fingerprint density at radius 3 is 1.66 bits per heavy atom. The van der Waals surface area contributed by atoms with E-state index in [-0.39, 0.29) is 51.4 Å². The lowest BCUT2D eigenvalue weighted by Crippen LogP contribution is -2.69. The maximum absolute atomic E-state index is 15.0. The minimum Gasteiger partial charge on any atom is -0.491 e. The van der Waals surface area contributed by atoms with Gasteiger partial charge in [0.05, 0.1) is 40.1 Å². The fraction of sp³-hybridized carbons (Fsp3) is 0.327. The summed E-state index contributed by atoms with van der Waals surface area (Å²) in [5.41, 5.74) is 4.99. The summed E-state index contributed by atoms with van der Waals surface area (Å²) < 4.78 is 76.5. The lowest BCUT2D eigenvalue weighted by atomic mass is 9.96. The van der Waals surface area contributed by atoms with Crippen LogP contribution in [0.1, 0.15) is 59.0 Å². The molecule has 5 atom stereocenters. The van der Waals surface area contributed by atoms with Crippen LogP contribution in [0.3, 0.4) is 0 Å². The van der Waals surface area contributed by atoms with Crippen molar-refractivity contribution in [2.45, 2.75) is 90.1 Å². The summed E-state index contributed by atoms with van der Waals surface area (Å²) in [5.74, 6) is -4.78. The summed E-state index contributed by atoms with van der Waals surface area (Å²) >= 11 is 0. The normalized spacial score (nSPS) is 20.2. The van der Waals surface area contributed by atoms with Crippen LogP contribution in [0.5, 0.6) is 11.6 Å². The minimum absolute atomic E-state index is 0.00228. The monoisotopic (exact) mass is 834 g/mol. The number of ether oxygens (including phenoxy) is 7. The fourth-order valence-corrected chi connectivity index (χ4v) is 7.47. The van der Waals surface area contributed by atoms with Gasteiger partial charge in [-0.2, -0.15) is 0 Å². The van der Waals surface area contributed by atoms with Gasteiger partial charge in [0.15, 0.2) is 23.5 Å². The third-order valence-electron chi connectivity index (χ3n) is 10.5. The Balaban J connectivity index is 1.31. The molecule has 1 aromatic heterocycles. The highest BCUT2D eigenvalue weighted by Crippen LogP contribution is 2.39. The van der Waals surface area contributed by atoms with Gasteiger partial charge >= 0.3 is 5.97 Å². The molecular formula is C49H52F2N2O8. The van der Waals surface area contributed by atoms with Crippen LogP contribution in [0, 0.1) is 18.6 Å². The van der Waals surface area contributed by atoms with Crippen LogP contribution < -0.4 is 9.47 Å². The first-order chi connectivity index (χ1) is 29.6. The van der Waals surface area contributed by atoms with Gasteiger partial charge in [0.25, 0.3) is 0 Å². The summed E-state index contributed by atoms with van der Waals surface area (Å²) in [5, 5.41) is 17.9. The number of benzene rings is 5. The zero-order valence-electron chi connectivity index (χ0n) is 34.8. The van der Waals surface area contributed by atoms with Gasteiger partial charge in [0.2, 0.25) is 5.88 Å².